The molecule has 0 saturated carbocycles. The standard InChI is InChI=1S/C10H17N3O/c1-3-6-12-8-10(14)13-7-4-5-9(13)11-2/h9,12H,3-8H2,1H3/t9-/m0/s1. The van der Waals surface area contributed by atoms with Crippen LogP contribution in [0, 0.1) is 6.57 Å². The Hall–Kier alpha value is -1.08. The molecule has 1 fully saturated rings. The van der Waals surface area contributed by atoms with Gasteiger partial charge in [-0.3, -0.25) is 14.5 Å². The number of rotatable bonds is 4. The molecule has 0 unspecified atom stereocenters. The van der Waals surface area contributed by atoms with Crippen LogP contribution in [-0.2, 0) is 4.79 Å². The van der Waals surface area contributed by atoms with Crippen LogP contribution in [0.25, 0.3) is 4.85 Å². The van der Waals surface area contributed by atoms with Crippen LogP contribution >= 0.6 is 0 Å². The molecule has 0 aromatic heterocycles. The average molecular weight is 195 g/mol. The van der Waals surface area contributed by atoms with E-state index in [1.165, 1.54) is 0 Å². The van der Waals surface area contributed by atoms with Gasteiger partial charge >= 0.3 is 6.17 Å². The van der Waals surface area contributed by atoms with Crippen molar-refractivity contribution in [3.63, 3.8) is 0 Å². The predicted molar refractivity (Wildman–Crippen MR) is 54.5 cm³/mol. The topological polar surface area (TPSA) is 36.7 Å². The minimum absolute atomic E-state index is 0.0666. The van der Waals surface area contributed by atoms with Gasteiger partial charge in [0.2, 0.25) is 5.91 Å². The van der Waals surface area contributed by atoms with E-state index in [-0.39, 0.29) is 12.1 Å². The highest BCUT2D eigenvalue weighted by molar-refractivity contribution is 5.79. The zero-order chi connectivity index (χ0) is 10.4. The maximum Gasteiger partial charge on any atom is 0.300 e. The molecule has 1 heterocycles. The molecule has 0 bridgehead atoms. The minimum atomic E-state index is -0.203. The fraction of sp³-hybridized carbons (Fsp3) is 0.800. The van der Waals surface area contributed by atoms with E-state index in [0.717, 1.165) is 32.4 Å². The van der Waals surface area contributed by atoms with Gasteiger partial charge in [0.05, 0.1) is 6.54 Å². The number of nitrogens with zero attached hydrogens (tertiary/aromatic N) is 2. The van der Waals surface area contributed by atoms with Crippen molar-refractivity contribution in [3.05, 3.63) is 11.4 Å². The van der Waals surface area contributed by atoms with Gasteiger partial charge in [-0.15, -0.1) is 0 Å². The fourth-order valence-electron chi connectivity index (χ4n) is 1.65. The Kier molecular flexibility index (Phi) is 4.41. The van der Waals surface area contributed by atoms with Crippen molar-refractivity contribution in [1.29, 1.82) is 0 Å². The molecule has 1 N–H and O–H groups in total. The third-order valence-corrected chi connectivity index (χ3v) is 2.39. The molecule has 1 amide bonds. The molecule has 0 aromatic carbocycles. The molecule has 0 aliphatic carbocycles. The smallest absolute Gasteiger partial charge is 0.300 e. The summed E-state index contributed by atoms with van der Waals surface area (Å²) in [6.07, 6.45) is 2.63. The lowest BCUT2D eigenvalue weighted by Crippen LogP contribution is -2.40. The van der Waals surface area contributed by atoms with Crippen molar-refractivity contribution in [2.75, 3.05) is 19.6 Å². The first-order valence-electron chi connectivity index (χ1n) is 5.16. The summed E-state index contributed by atoms with van der Waals surface area (Å²) >= 11 is 0. The molecule has 4 heteroatoms. The molecule has 14 heavy (non-hydrogen) atoms. The van der Waals surface area contributed by atoms with Crippen LogP contribution in [0.15, 0.2) is 0 Å². The Morgan fingerprint density at radius 1 is 1.71 bits per heavy atom. The Labute approximate surface area is 85.1 Å². The Balaban J connectivity index is 2.33. The molecular weight excluding hydrogens is 178 g/mol. The summed E-state index contributed by atoms with van der Waals surface area (Å²) in [7, 11) is 0. The van der Waals surface area contributed by atoms with E-state index in [9.17, 15) is 4.79 Å². The van der Waals surface area contributed by atoms with Crippen LogP contribution < -0.4 is 5.32 Å². The number of carbonyl (C=O) groups is 1. The average Bonchev–Trinajstić information content (AvgIpc) is 2.65. The number of hydrogen-bond acceptors (Lipinski definition) is 2. The number of nitrogens with one attached hydrogen (secondary N) is 1. The summed E-state index contributed by atoms with van der Waals surface area (Å²) < 4.78 is 0. The molecular formula is C10H17N3O. The SMILES string of the molecule is [C-]#[N+][C@@H]1CCCN1C(=O)CNCCC. The molecule has 1 saturated heterocycles. The number of hydrogen-bond donors (Lipinski definition) is 1. The summed E-state index contributed by atoms with van der Waals surface area (Å²) in [6.45, 7) is 11.0. The van der Waals surface area contributed by atoms with Gasteiger partial charge in [0.1, 0.15) is 0 Å². The minimum Gasteiger partial charge on any atom is -0.308 e. The van der Waals surface area contributed by atoms with Gasteiger partial charge in [0, 0.05) is 13.0 Å². The van der Waals surface area contributed by atoms with E-state index >= 15 is 0 Å². The third kappa shape index (κ3) is 2.71. The van der Waals surface area contributed by atoms with Crippen molar-refractivity contribution in [2.24, 2.45) is 0 Å². The van der Waals surface area contributed by atoms with Gasteiger partial charge < -0.3 is 5.32 Å². The highest BCUT2D eigenvalue weighted by Crippen LogP contribution is 2.17. The third-order valence-electron chi connectivity index (χ3n) is 2.39. The molecule has 1 rings (SSSR count). The maximum atomic E-state index is 11.6. The summed E-state index contributed by atoms with van der Waals surface area (Å²) in [6, 6.07) is 0. The second kappa shape index (κ2) is 5.61. The predicted octanol–water partition coefficient (Wildman–Crippen LogP) is 0.854. The number of amides is 1. The van der Waals surface area contributed by atoms with Gasteiger partial charge in [-0.2, -0.15) is 0 Å². The van der Waals surface area contributed by atoms with E-state index in [4.69, 9.17) is 6.57 Å². The summed E-state index contributed by atoms with van der Waals surface area (Å²) in [5, 5.41) is 3.06. The second-order valence-corrected chi connectivity index (χ2v) is 3.52. The zero-order valence-electron chi connectivity index (χ0n) is 8.62. The monoisotopic (exact) mass is 195 g/mol. The van der Waals surface area contributed by atoms with Crippen molar-refractivity contribution >= 4 is 5.91 Å². The summed E-state index contributed by atoms with van der Waals surface area (Å²) in [5.74, 6) is 0.0666. The van der Waals surface area contributed by atoms with Crippen molar-refractivity contribution < 1.29 is 4.79 Å². The normalized spacial score (nSPS) is 20.9. The van der Waals surface area contributed by atoms with Crippen LogP contribution in [0.4, 0.5) is 0 Å². The first-order valence-corrected chi connectivity index (χ1v) is 5.16. The van der Waals surface area contributed by atoms with Gasteiger partial charge in [-0.25, -0.2) is 6.57 Å². The summed E-state index contributed by atoms with van der Waals surface area (Å²) in [5.41, 5.74) is 0. The molecule has 1 aliphatic rings. The first kappa shape index (κ1) is 11.0. The Morgan fingerprint density at radius 3 is 3.14 bits per heavy atom. The quantitative estimate of drug-likeness (QED) is 0.533. The molecule has 4 nitrogen and oxygen atoms in total. The van der Waals surface area contributed by atoms with E-state index < -0.39 is 0 Å². The van der Waals surface area contributed by atoms with E-state index in [0.29, 0.717) is 6.54 Å². The number of likely N-dealkylation sites (tertiary alicyclic amines) is 1. The van der Waals surface area contributed by atoms with Crippen molar-refractivity contribution in [1.82, 2.24) is 10.2 Å². The van der Waals surface area contributed by atoms with Crippen LogP contribution in [0.1, 0.15) is 26.2 Å². The van der Waals surface area contributed by atoms with E-state index in [2.05, 4.69) is 17.1 Å². The van der Waals surface area contributed by atoms with Gasteiger partial charge in [-0.05, 0) is 19.4 Å². The fourth-order valence-corrected chi connectivity index (χ4v) is 1.65. The van der Waals surface area contributed by atoms with Crippen molar-refractivity contribution in [2.45, 2.75) is 32.4 Å². The van der Waals surface area contributed by atoms with Gasteiger partial charge in [0.15, 0.2) is 0 Å². The van der Waals surface area contributed by atoms with Crippen LogP contribution in [0.5, 0.6) is 0 Å². The van der Waals surface area contributed by atoms with Gasteiger partial charge in [-0.1, -0.05) is 6.92 Å². The molecule has 0 spiro atoms. The van der Waals surface area contributed by atoms with Crippen LogP contribution in [0.2, 0.25) is 0 Å². The second-order valence-electron chi connectivity index (χ2n) is 3.52. The lowest BCUT2D eigenvalue weighted by Gasteiger charge is -2.16. The van der Waals surface area contributed by atoms with Crippen LogP contribution in [0.3, 0.4) is 0 Å². The lowest BCUT2D eigenvalue weighted by atomic mass is 10.3. The van der Waals surface area contributed by atoms with E-state index in [1.807, 2.05) is 0 Å². The molecule has 1 atom stereocenters. The highest BCUT2D eigenvalue weighted by atomic mass is 16.2. The lowest BCUT2D eigenvalue weighted by molar-refractivity contribution is -0.130. The van der Waals surface area contributed by atoms with Crippen LogP contribution in [-0.4, -0.2) is 36.6 Å². The first-order chi connectivity index (χ1) is 6.79. The largest absolute Gasteiger partial charge is 0.308 e. The summed E-state index contributed by atoms with van der Waals surface area (Å²) in [4.78, 5) is 16.7. The van der Waals surface area contributed by atoms with Gasteiger partial charge in [0.25, 0.3) is 0 Å². The van der Waals surface area contributed by atoms with E-state index in [1.54, 1.807) is 4.90 Å². The molecule has 0 aromatic rings. The maximum absolute atomic E-state index is 11.6. The molecule has 78 valence electrons. The zero-order valence-corrected chi connectivity index (χ0v) is 8.62. The Bertz CT molecular complexity index is 234. The molecule has 0 radical (unpaired) electrons. The molecule has 1 aliphatic heterocycles. The Morgan fingerprint density at radius 2 is 2.50 bits per heavy atom. The number of carbonyl (C=O) groups excluding carboxylic acids is 1. The van der Waals surface area contributed by atoms with Crippen molar-refractivity contribution in [3.8, 4) is 0 Å². The highest BCUT2D eigenvalue weighted by Gasteiger charge is 2.32.